The van der Waals surface area contributed by atoms with Crippen LogP contribution in [0.3, 0.4) is 0 Å². The summed E-state index contributed by atoms with van der Waals surface area (Å²) in [5.41, 5.74) is 0.909. The molecule has 2 heterocycles. The van der Waals surface area contributed by atoms with Crippen LogP contribution in [-0.2, 0) is 11.3 Å². The van der Waals surface area contributed by atoms with Gasteiger partial charge in [-0.15, -0.1) is 11.3 Å². The molecule has 5 nitrogen and oxygen atoms in total. The predicted molar refractivity (Wildman–Crippen MR) is 98.6 cm³/mol. The van der Waals surface area contributed by atoms with E-state index in [1.165, 1.54) is 11.2 Å². The lowest BCUT2D eigenvalue weighted by Gasteiger charge is -2.08. The third-order valence-corrected chi connectivity index (χ3v) is 4.86. The molecule has 7 heteroatoms. The molecule has 0 aliphatic carbocycles. The monoisotopic (exact) mass is 360 g/mol. The molecule has 3 aromatic rings. The Kier molecular flexibility index (Phi) is 5.27. The zero-order chi connectivity index (χ0) is 16.9. The van der Waals surface area contributed by atoms with E-state index in [1.54, 1.807) is 11.3 Å². The number of benzene rings is 1. The highest BCUT2D eigenvalue weighted by Gasteiger charge is 2.08. The van der Waals surface area contributed by atoms with Gasteiger partial charge in [0.25, 0.3) is 0 Å². The van der Waals surface area contributed by atoms with E-state index in [9.17, 15) is 4.79 Å². The first-order chi connectivity index (χ1) is 11.6. The highest BCUT2D eigenvalue weighted by molar-refractivity contribution is 7.18. The van der Waals surface area contributed by atoms with Crippen molar-refractivity contribution in [1.29, 1.82) is 0 Å². The normalized spacial score (nSPS) is 10.8. The molecule has 0 radical (unpaired) electrons. The molecule has 0 aliphatic heterocycles. The summed E-state index contributed by atoms with van der Waals surface area (Å²) in [6.07, 6.45) is 1.90. The molecule has 1 aromatic carbocycles. The SMILES string of the molecule is Cc1cc2c(NCCC(=O)NCc3ccccc3Cl)ncnc2s1. The quantitative estimate of drug-likeness (QED) is 0.702. The second kappa shape index (κ2) is 7.59. The van der Waals surface area contributed by atoms with Crippen molar-refractivity contribution in [3.05, 3.63) is 52.1 Å². The zero-order valence-electron chi connectivity index (χ0n) is 13.2. The number of hydrogen-bond donors (Lipinski definition) is 2. The molecule has 0 spiro atoms. The summed E-state index contributed by atoms with van der Waals surface area (Å²) in [5.74, 6) is 0.734. The molecule has 3 rings (SSSR count). The first-order valence-corrected chi connectivity index (χ1v) is 8.78. The first-order valence-electron chi connectivity index (χ1n) is 7.58. The number of carbonyl (C=O) groups excluding carboxylic acids is 1. The van der Waals surface area contributed by atoms with Crippen molar-refractivity contribution in [3.8, 4) is 0 Å². The number of aryl methyl sites for hydroxylation is 1. The molecule has 0 bridgehead atoms. The number of anilines is 1. The minimum atomic E-state index is -0.0331. The Hall–Kier alpha value is -2.18. The van der Waals surface area contributed by atoms with E-state index < -0.39 is 0 Å². The van der Waals surface area contributed by atoms with Gasteiger partial charge in [-0.2, -0.15) is 0 Å². The van der Waals surface area contributed by atoms with Gasteiger partial charge in [-0.25, -0.2) is 9.97 Å². The second-order valence-corrected chi connectivity index (χ2v) is 6.99. The summed E-state index contributed by atoms with van der Waals surface area (Å²) in [7, 11) is 0. The van der Waals surface area contributed by atoms with Gasteiger partial charge in [-0.1, -0.05) is 29.8 Å². The Bertz CT molecular complexity index is 865. The maximum absolute atomic E-state index is 12.0. The van der Waals surface area contributed by atoms with Crippen LogP contribution >= 0.6 is 22.9 Å². The van der Waals surface area contributed by atoms with E-state index in [4.69, 9.17) is 11.6 Å². The van der Waals surface area contributed by atoms with Crippen molar-refractivity contribution < 1.29 is 4.79 Å². The van der Waals surface area contributed by atoms with Gasteiger partial charge in [0.15, 0.2) is 0 Å². The smallest absolute Gasteiger partial charge is 0.222 e. The van der Waals surface area contributed by atoms with Gasteiger partial charge in [-0.05, 0) is 24.6 Å². The number of rotatable bonds is 6. The molecular weight excluding hydrogens is 344 g/mol. The van der Waals surface area contributed by atoms with Gasteiger partial charge in [0, 0.05) is 29.4 Å². The van der Waals surface area contributed by atoms with Gasteiger partial charge in [0.05, 0.1) is 5.39 Å². The maximum Gasteiger partial charge on any atom is 0.222 e. The Morgan fingerprint density at radius 1 is 1.29 bits per heavy atom. The van der Waals surface area contributed by atoms with Gasteiger partial charge >= 0.3 is 0 Å². The predicted octanol–water partition coefficient (Wildman–Crippen LogP) is 3.77. The molecule has 0 unspecified atom stereocenters. The van der Waals surface area contributed by atoms with Crippen LogP contribution in [0, 0.1) is 6.92 Å². The fourth-order valence-corrected chi connectivity index (χ4v) is 3.39. The molecule has 0 atom stereocenters. The third kappa shape index (κ3) is 4.01. The molecule has 1 amide bonds. The van der Waals surface area contributed by atoms with Crippen molar-refractivity contribution in [2.75, 3.05) is 11.9 Å². The number of hydrogen-bond acceptors (Lipinski definition) is 5. The highest BCUT2D eigenvalue weighted by atomic mass is 35.5. The molecule has 24 heavy (non-hydrogen) atoms. The van der Waals surface area contributed by atoms with Crippen LogP contribution in [0.2, 0.25) is 5.02 Å². The lowest BCUT2D eigenvalue weighted by molar-refractivity contribution is -0.121. The van der Waals surface area contributed by atoms with Gasteiger partial charge in [-0.3, -0.25) is 4.79 Å². The molecule has 0 saturated heterocycles. The summed E-state index contributed by atoms with van der Waals surface area (Å²) in [4.78, 5) is 22.6. The van der Waals surface area contributed by atoms with Crippen LogP contribution in [0.5, 0.6) is 0 Å². The molecule has 2 aromatic heterocycles. The number of thiophene rings is 1. The lowest BCUT2D eigenvalue weighted by atomic mass is 10.2. The number of halogens is 1. The van der Waals surface area contributed by atoms with E-state index >= 15 is 0 Å². The van der Waals surface area contributed by atoms with Crippen LogP contribution < -0.4 is 10.6 Å². The number of nitrogens with one attached hydrogen (secondary N) is 2. The number of fused-ring (bicyclic) bond motifs is 1. The summed E-state index contributed by atoms with van der Waals surface area (Å²) < 4.78 is 0. The molecular formula is C17H17ClN4OS. The van der Waals surface area contributed by atoms with Crippen molar-refractivity contribution in [3.63, 3.8) is 0 Å². The van der Waals surface area contributed by atoms with E-state index in [2.05, 4.69) is 26.7 Å². The van der Waals surface area contributed by atoms with Gasteiger partial charge in [0.2, 0.25) is 5.91 Å². The second-order valence-electron chi connectivity index (χ2n) is 5.34. The standard InChI is InChI=1S/C17H17ClN4OS/c1-11-8-13-16(21-10-22-17(13)24-11)19-7-6-15(23)20-9-12-4-2-3-5-14(12)18/h2-5,8,10H,6-7,9H2,1H3,(H,20,23)(H,19,21,22). The van der Waals surface area contributed by atoms with Crippen LogP contribution in [0.4, 0.5) is 5.82 Å². The Balaban J connectivity index is 1.50. The lowest BCUT2D eigenvalue weighted by Crippen LogP contribution is -2.25. The Morgan fingerprint density at radius 3 is 2.96 bits per heavy atom. The number of amides is 1. The summed E-state index contributed by atoms with van der Waals surface area (Å²) in [6.45, 7) is 2.98. The Morgan fingerprint density at radius 2 is 2.12 bits per heavy atom. The van der Waals surface area contributed by atoms with Gasteiger partial charge < -0.3 is 10.6 Å². The van der Waals surface area contributed by atoms with Crippen molar-refractivity contribution in [2.24, 2.45) is 0 Å². The molecule has 0 aliphatic rings. The highest BCUT2D eigenvalue weighted by Crippen LogP contribution is 2.27. The number of nitrogens with zero attached hydrogens (tertiary/aromatic N) is 2. The van der Waals surface area contributed by atoms with Crippen molar-refractivity contribution >= 4 is 44.9 Å². The van der Waals surface area contributed by atoms with Crippen LogP contribution in [0.1, 0.15) is 16.9 Å². The minimum absolute atomic E-state index is 0.0331. The van der Waals surface area contributed by atoms with E-state index in [-0.39, 0.29) is 5.91 Å². The van der Waals surface area contributed by atoms with Crippen molar-refractivity contribution in [2.45, 2.75) is 19.9 Å². The van der Waals surface area contributed by atoms with Crippen LogP contribution in [0.25, 0.3) is 10.2 Å². The molecule has 0 saturated carbocycles. The van der Waals surface area contributed by atoms with E-state index in [1.807, 2.05) is 31.2 Å². The van der Waals surface area contributed by atoms with Crippen LogP contribution in [0.15, 0.2) is 36.7 Å². The third-order valence-electron chi connectivity index (χ3n) is 3.53. The average molecular weight is 361 g/mol. The molecule has 0 fully saturated rings. The largest absolute Gasteiger partial charge is 0.369 e. The maximum atomic E-state index is 12.0. The van der Waals surface area contributed by atoms with Crippen LogP contribution in [-0.4, -0.2) is 22.4 Å². The topological polar surface area (TPSA) is 66.9 Å². The summed E-state index contributed by atoms with van der Waals surface area (Å²) >= 11 is 7.70. The summed E-state index contributed by atoms with van der Waals surface area (Å²) in [6, 6.07) is 9.54. The molecule has 2 N–H and O–H groups in total. The van der Waals surface area contributed by atoms with Gasteiger partial charge in [0.1, 0.15) is 17.0 Å². The minimum Gasteiger partial charge on any atom is -0.369 e. The van der Waals surface area contributed by atoms with E-state index in [0.29, 0.717) is 24.5 Å². The average Bonchev–Trinajstić information content (AvgIpc) is 2.95. The Labute approximate surface area is 149 Å². The fraction of sp³-hybridized carbons (Fsp3) is 0.235. The first kappa shape index (κ1) is 16.7. The fourth-order valence-electron chi connectivity index (χ4n) is 2.34. The number of carbonyl (C=O) groups is 1. The zero-order valence-corrected chi connectivity index (χ0v) is 14.7. The van der Waals surface area contributed by atoms with Crippen molar-refractivity contribution in [1.82, 2.24) is 15.3 Å². The molecule has 124 valence electrons. The number of aromatic nitrogens is 2. The summed E-state index contributed by atoms with van der Waals surface area (Å²) in [5, 5.41) is 7.74. The van der Waals surface area contributed by atoms with E-state index in [0.717, 1.165) is 21.6 Å².